The second-order valence-electron chi connectivity index (χ2n) is 8.67. The minimum Gasteiger partial charge on any atom is -0.463 e. The molecule has 34 heavy (non-hydrogen) atoms. The Kier molecular flexibility index (Phi) is 23.3. The summed E-state index contributed by atoms with van der Waals surface area (Å²) in [5, 5.41) is 47.0. The maximum absolute atomic E-state index is 11.7. The predicted octanol–water partition coefficient (Wildman–Crippen LogP) is 0.936. The smallest absolute Gasteiger partial charge is 0.305 e. The van der Waals surface area contributed by atoms with Gasteiger partial charge in [-0.3, -0.25) is 4.79 Å². The van der Waals surface area contributed by atoms with Gasteiger partial charge >= 0.3 is 5.97 Å². The number of unbranched alkanes of at least 4 members (excludes halogenated alkanes) is 8. The first-order valence-corrected chi connectivity index (χ1v) is 12.6. The van der Waals surface area contributed by atoms with Gasteiger partial charge in [-0.1, -0.05) is 58.3 Å². The number of rotatable bonds is 25. The van der Waals surface area contributed by atoms with Gasteiger partial charge in [0.05, 0.1) is 46.2 Å². The molecular formula is C24H48O10. The molecule has 0 aromatic carbocycles. The van der Waals surface area contributed by atoms with E-state index in [0.29, 0.717) is 6.42 Å². The summed E-state index contributed by atoms with van der Waals surface area (Å²) in [6, 6.07) is 0. The van der Waals surface area contributed by atoms with Gasteiger partial charge < -0.3 is 44.5 Å². The Morgan fingerprint density at radius 3 is 1.41 bits per heavy atom. The number of hydrogen-bond acceptors (Lipinski definition) is 10. The topological polar surface area (TPSA) is 155 Å². The number of aliphatic hydroxyl groups excluding tert-OH is 5. The summed E-state index contributed by atoms with van der Waals surface area (Å²) in [5.41, 5.74) is 0. The molecule has 0 spiro atoms. The van der Waals surface area contributed by atoms with E-state index >= 15 is 0 Å². The Bertz CT molecular complexity index is 451. The summed E-state index contributed by atoms with van der Waals surface area (Å²) in [6.45, 7) is 1.12. The van der Waals surface area contributed by atoms with E-state index in [1.807, 2.05) is 0 Å². The Morgan fingerprint density at radius 2 is 0.971 bits per heavy atom. The number of carbonyl (C=O) groups excluding carboxylic acids is 1. The van der Waals surface area contributed by atoms with Crippen molar-refractivity contribution in [3.63, 3.8) is 0 Å². The Balaban J connectivity index is 3.55. The second-order valence-corrected chi connectivity index (χ2v) is 8.67. The molecule has 0 amide bonds. The maximum Gasteiger partial charge on any atom is 0.305 e. The highest BCUT2D eigenvalue weighted by Crippen LogP contribution is 2.10. The molecule has 10 nitrogen and oxygen atoms in total. The van der Waals surface area contributed by atoms with Crippen molar-refractivity contribution in [3.05, 3.63) is 0 Å². The molecule has 0 aliphatic rings. The van der Waals surface area contributed by atoms with E-state index in [1.165, 1.54) is 38.5 Å². The molecule has 10 heteroatoms. The summed E-state index contributed by atoms with van der Waals surface area (Å²) in [6.07, 6.45) is 7.02. The zero-order chi connectivity index (χ0) is 25.4. The van der Waals surface area contributed by atoms with Crippen molar-refractivity contribution < 1.29 is 49.3 Å². The Labute approximate surface area is 204 Å². The lowest BCUT2D eigenvalue weighted by molar-refractivity contribution is -0.148. The van der Waals surface area contributed by atoms with Gasteiger partial charge in [0, 0.05) is 6.42 Å². The van der Waals surface area contributed by atoms with Gasteiger partial charge in [0.25, 0.3) is 0 Å². The van der Waals surface area contributed by atoms with Crippen LogP contribution in [0.4, 0.5) is 0 Å². The lowest BCUT2D eigenvalue weighted by Crippen LogP contribution is -2.30. The molecule has 0 fully saturated rings. The number of esters is 1. The molecule has 0 heterocycles. The zero-order valence-electron chi connectivity index (χ0n) is 20.8. The summed E-state index contributed by atoms with van der Waals surface area (Å²) >= 11 is 0. The van der Waals surface area contributed by atoms with Crippen molar-refractivity contribution >= 4 is 5.97 Å². The zero-order valence-corrected chi connectivity index (χ0v) is 20.8. The summed E-state index contributed by atoms with van der Waals surface area (Å²) < 4.78 is 20.4. The first-order chi connectivity index (χ1) is 16.4. The molecule has 0 rings (SSSR count). The monoisotopic (exact) mass is 496 g/mol. The van der Waals surface area contributed by atoms with E-state index < -0.39 is 31.0 Å². The third-order valence-corrected chi connectivity index (χ3v) is 4.99. The Morgan fingerprint density at radius 1 is 0.588 bits per heavy atom. The van der Waals surface area contributed by atoms with Gasteiger partial charge in [-0.15, -0.1) is 0 Å². The van der Waals surface area contributed by atoms with Gasteiger partial charge in [-0.25, -0.2) is 0 Å². The molecule has 0 saturated heterocycles. The van der Waals surface area contributed by atoms with Crippen LogP contribution in [0.5, 0.6) is 0 Å². The average molecular weight is 497 g/mol. The highest BCUT2D eigenvalue weighted by Gasteiger charge is 2.13. The number of carbonyl (C=O) groups is 1. The highest BCUT2D eigenvalue weighted by atomic mass is 16.6. The molecule has 5 N–H and O–H groups in total. The second kappa shape index (κ2) is 23.9. The van der Waals surface area contributed by atoms with E-state index in [4.69, 9.17) is 29.2 Å². The van der Waals surface area contributed by atoms with Crippen LogP contribution in [0.15, 0.2) is 0 Å². The predicted molar refractivity (Wildman–Crippen MR) is 126 cm³/mol. The van der Waals surface area contributed by atoms with Gasteiger partial charge in [-0.2, -0.15) is 0 Å². The van der Waals surface area contributed by atoms with E-state index in [1.54, 1.807) is 0 Å². The fourth-order valence-corrected chi connectivity index (χ4v) is 3.06. The first kappa shape index (κ1) is 33.1. The number of aliphatic hydroxyl groups is 5. The van der Waals surface area contributed by atoms with Crippen LogP contribution in [0.25, 0.3) is 0 Å². The fourth-order valence-electron chi connectivity index (χ4n) is 3.06. The average Bonchev–Trinajstić information content (AvgIpc) is 2.81. The van der Waals surface area contributed by atoms with E-state index in [9.17, 15) is 20.1 Å². The van der Waals surface area contributed by atoms with Crippen LogP contribution >= 0.6 is 0 Å². The van der Waals surface area contributed by atoms with Crippen LogP contribution < -0.4 is 0 Å². The minimum absolute atomic E-state index is 0.0757. The fraction of sp³-hybridized carbons (Fsp3) is 0.958. The van der Waals surface area contributed by atoms with Crippen LogP contribution in [0.1, 0.15) is 71.1 Å². The Hall–Kier alpha value is -0.850. The molecule has 0 radical (unpaired) electrons. The minimum atomic E-state index is -0.995. The van der Waals surface area contributed by atoms with Gasteiger partial charge in [0.2, 0.25) is 0 Å². The van der Waals surface area contributed by atoms with Crippen LogP contribution in [0, 0.1) is 0 Å². The van der Waals surface area contributed by atoms with Crippen molar-refractivity contribution in [2.24, 2.45) is 0 Å². The molecule has 0 saturated carbocycles. The molecule has 0 aliphatic carbocycles. The molecule has 0 aromatic heterocycles. The van der Waals surface area contributed by atoms with Crippen LogP contribution in [-0.2, 0) is 23.7 Å². The van der Waals surface area contributed by atoms with E-state index in [2.05, 4.69) is 6.92 Å². The summed E-state index contributed by atoms with van der Waals surface area (Å²) in [4.78, 5) is 11.7. The van der Waals surface area contributed by atoms with Crippen molar-refractivity contribution in [1.29, 1.82) is 0 Å². The molecule has 4 atom stereocenters. The molecule has 0 aliphatic heterocycles. The maximum atomic E-state index is 11.7. The first-order valence-electron chi connectivity index (χ1n) is 12.6. The van der Waals surface area contributed by atoms with Crippen molar-refractivity contribution in [2.45, 2.75) is 95.5 Å². The number of ether oxygens (including phenoxy) is 4. The lowest BCUT2D eigenvalue weighted by Gasteiger charge is -2.16. The molecule has 204 valence electrons. The number of hydrogen-bond donors (Lipinski definition) is 5. The lowest BCUT2D eigenvalue weighted by atomic mass is 10.1. The SMILES string of the molecule is CCCCCCCCCCCC(=O)OCC(O)COCC(O)COCC(O)COCC(O)CO. The molecule has 0 bridgehead atoms. The largest absolute Gasteiger partial charge is 0.463 e. The van der Waals surface area contributed by atoms with Gasteiger partial charge in [0.1, 0.15) is 31.0 Å². The van der Waals surface area contributed by atoms with Crippen LogP contribution in [-0.4, -0.2) is 109 Å². The molecular weight excluding hydrogens is 448 g/mol. The van der Waals surface area contributed by atoms with Crippen molar-refractivity contribution in [3.8, 4) is 0 Å². The third-order valence-electron chi connectivity index (χ3n) is 4.99. The summed E-state index contributed by atoms with van der Waals surface area (Å²) in [7, 11) is 0. The molecule has 4 unspecified atom stereocenters. The van der Waals surface area contributed by atoms with E-state index in [0.717, 1.165) is 19.3 Å². The normalized spacial score (nSPS) is 15.1. The highest BCUT2D eigenvalue weighted by molar-refractivity contribution is 5.69. The van der Waals surface area contributed by atoms with Gasteiger partial charge in [0.15, 0.2) is 0 Å². The van der Waals surface area contributed by atoms with Crippen LogP contribution in [0.3, 0.4) is 0 Å². The van der Waals surface area contributed by atoms with Gasteiger partial charge in [-0.05, 0) is 6.42 Å². The van der Waals surface area contributed by atoms with Crippen molar-refractivity contribution in [2.75, 3.05) is 52.9 Å². The standard InChI is InChI=1S/C24H48O10/c1-2-3-4-5-6-7-8-9-10-11-24(30)34-19-23(29)18-33-17-22(28)16-32-15-21(27)14-31-13-20(26)12-25/h20-23,25-29H,2-19H2,1H3. The van der Waals surface area contributed by atoms with E-state index in [-0.39, 0.29) is 52.2 Å². The van der Waals surface area contributed by atoms with Crippen LogP contribution in [0.2, 0.25) is 0 Å². The molecule has 0 aromatic rings. The third kappa shape index (κ3) is 22.9. The van der Waals surface area contributed by atoms with Crippen molar-refractivity contribution in [1.82, 2.24) is 0 Å². The summed E-state index contributed by atoms with van der Waals surface area (Å²) in [5.74, 6) is -0.330. The quantitative estimate of drug-likeness (QED) is 0.0910.